The summed E-state index contributed by atoms with van der Waals surface area (Å²) in [6, 6.07) is 8.73. The molecule has 1 aromatic carbocycles. The number of pyridine rings is 1. The molecule has 0 saturated carbocycles. The second-order valence-electron chi connectivity index (χ2n) is 4.78. The molecule has 1 unspecified atom stereocenters. The highest BCUT2D eigenvalue weighted by atomic mass is 79.9. The summed E-state index contributed by atoms with van der Waals surface area (Å²) in [5.74, 6) is 0. The molecule has 1 aromatic heterocycles. The van der Waals surface area contributed by atoms with E-state index in [1.54, 1.807) is 6.20 Å². The van der Waals surface area contributed by atoms with Crippen LogP contribution in [0.5, 0.6) is 0 Å². The van der Waals surface area contributed by atoms with E-state index >= 15 is 0 Å². The standard InChI is InChI=1S/C15H16BrClN2/c1-9-4-10(2)6-12(5-9)11(3)19-13-7-14(16)15(17)18-8-13/h4-8,11,19H,1-3H3. The summed E-state index contributed by atoms with van der Waals surface area (Å²) in [5.41, 5.74) is 4.77. The maximum absolute atomic E-state index is 5.89. The Labute approximate surface area is 127 Å². The zero-order valence-electron chi connectivity index (χ0n) is 11.2. The minimum Gasteiger partial charge on any atom is -0.377 e. The molecule has 0 radical (unpaired) electrons. The monoisotopic (exact) mass is 338 g/mol. The van der Waals surface area contributed by atoms with E-state index in [0.29, 0.717) is 5.15 Å². The third kappa shape index (κ3) is 3.71. The predicted octanol–water partition coefficient (Wildman–Crippen LogP) is 5.29. The van der Waals surface area contributed by atoms with Crippen molar-refractivity contribution in [2.75, 3.05) is 5.32 Å². The van der Waals surface area contributed by atoms with Crippen LogP contribution in [0.15, 0.2) is 34.9 Å². The number of hydrogen-bond acceptors (Lipinski definition) is 2. The van der Waals surface area contributed by atoms with Crippen molar-refractivity contribution in [2.45, 2.75) is 26.8 Å². The molecule has 2 rings (SSSR count). The van der Waals surface area contributed by atoms with Crippen LogP contribution in [0.1, 0.15) is 29.7 Å². The van der Waals surface area contributed by atoms with Crippen molar-refractivity contribution >= 4 is 33.2 Å². The number of rotatable bonds is 3. The first-order valence-electron chi connectivity index (χ1n) is 6.11. The van der Waals surface area contributed by atoms with Crippen LogP contribution in [-0.2, 0) is 0 Å². The lowest BCUT2D eigenvalue weighted by Crippen LogP contribution is -2.07. The third-order valence-corrected chi connectivity index (χ3v) is 4.06. The summed E-state index contributed by atoms with van der Waals surface area (Å²) in [7, 11) is 0. The highest BCUT2D eigenvalue weighted by Crippen LogP contribution is 2.26. The zero-order chi connectivity index (χ0) is 14.0. The van der Waals surface area contributed by atoms with Gasteiger partial charge in [-0.05, 0) is 48.3 Å². The number of aromatic nitrogens is 1. The molecule has 4 heteroatoms. The van der Waals surface area contributed by atoms with E-state index in [1.807, 2.05) is 6.07 Å². The van der Waals surface area contributed by atoms with Crippen LogP contribution in [0, 0.1) is 13.8 Å². The lowest BCUT2D eigenvalue weighted by Gasteiger charge is -2.17. The first kappa shape index (κ1) is 14.4. The minimum absolute atomic E-state index is 0.216. The van der Waals surface area contributed by atoms with Crippen molar-refractivity contribution in [1.29, 1.82) is 0 Å². The molecule has 0 aliphatic heterocycles. The van der Waals surface area contributed by atoms with Crippen LogP contribution in [0.3, 0.4) is 0 Å². The summed E-state index contributed by atoms with van der Waals surface area (Å²) >= 11 is 9.27. The highest BCUT2D eigenvalue weighted by molar-refractivity contribution is 9.10. The van der Waals surface area contributed by atoms with Crippen molar-refractivity contribution in [1.82, 2.24) is 4.98 Å². The van der Waals surface area contributed by atoms with Crippen molar-refractivity contribution < 1.29 is 0 Å². The van der Waals surface area contributed by atoms with Crippen LogP contribution >= 0.6 is 27.5 Å². The molecule has 19 heavy (non-hydrogen) atoms. The molecule has 0 spiro atoms. The van der Waals surface area contributed by atoms with Gasteiger partial charge < -0.3 is 5.32 Å². The number of nitrogens with one attached hydrogen (secondary N) is 1. The number of benzene rings is 1. The largest absolute Gasteiger partial charge is 0.377 e. The average molecular weight is 340 g/mol. The fourth-order valence-corrected chi connectivity index (χ4v) is 2.55. The SMILES string of the molecule is Cc1cc(C)cc(C(C)Nc2cnc(Cl)c(Br)c2)c1. The Balaban J connectivity index is 2.20. The molecule has 1 heterocycles. The Morgan fingerprint density at radius 3 is 2.37 bits per heavy atom. The van der Waals surface area contributed by atoms with Crippen LogP contribution in [0.2, 0.25) is 5.15 Å². The first-order valence-corrected chi connectivity index (χ1v) is 7.28. The Bertz CT molecular complexity index is 578. The van der Waals surface area contributed by atoms with Gasteiger partial charge in [0.2, 0.25) is 0 Å². The van der Waals surface area contributed by atoms with E-state index in [4.69, 9.17) is 11.6 Å². The van der Waals surface area contributed by atoms with Gasteiger partial charge in [0.15, 0.2) is 0 Å². The lowest BCUT2D eigenvalue weighted by molar-refractivity contribution is 0.878. The van der Waals surface area contributed by atoms with Crippen molar-refractivity contribution in [2.24, 2.45) is 0 Å². The zero-order valence-corrected chi connectivity index (χ0v) is 13.5. The molecule has 1 atom stereocenters. The topological polar surface area (TPSA) is 24.9 Å². The summed E-state index contributed by atoms with van der Waals surface area (Å²) in [6.45, 7) is 6.37. The average Bonchev–Trinajstić information content (AvgIpc) is 2.32. The molecular weight excluding hydrogens is 324 g/mol. The Kier molecular flexibility index (Phi) is 4.48. The number of hydrogen-bond donors (Lipinski definition) is 1. The molecule has 0 bridgehead atoms. The fraction of sp³-hybridized carbons (Fsp3) is 0.267. The smallest absolute Gasteiger partial charge is 0.143 e. The number of anilines is 1. The quantitative estimate of drug-likeness (QED) is 0.769. The van der Waals surface area contributed by atoms with Gasteiger partial charge in [-0.1, -0.05) is 40.9 Å². The van der Waals surface area contributed by atoms with Gasteiger partial charge in [0.25, 0.3) is 0 Å². The fourth-order valence-electron chi connectivity index (χ4n) is 2.09. The molecule has 100 valence electrons. The second-order valence-corrected chi connectivity index (χ2v) is 6.00. The van der Waals surface area contributed by atoms with Crippen LogP contribution in [-0.4, -0.2) is 4.98 Å². The summed E-state index contributed by atoms with van der Waals surface area (Å²) in [5, 5.41) is 3.91. The summed E-state index contributed by atoms with van der Waals surface area (Å²) in [4.78, 5) is 4.12. The summed E-state index contributed by atoms with van der Waals surface area (Å²) < 4.78 is 0.798. The molecular formula is C15H16BrClN2. The second kappa shape index (κ2) is 5.93. The number of nitrogens with zero attached hydrogens (tertiary/aromatic N) is 1. The van der Waals surface area contributed by atoms with Crippen LogP contribution in [0.4, 0.5) is 5.69 Å². The van der Waals surface area contributed by atoms with Crippen molar-refractivity contribution in [3.63, 3.8) is 0 Å². The van der Waals surface area contributed by atoms with E-state index < -0.39 is 0 Å². The molecule has 0 fully saturated rings. The van der Waals surface area contributed by atoms with E-state index in [0.717, 1.165) is 10.2 Å². The molecule has 2 aromatic rings. The van der Waals surface area contributed by atoms with Gasteiger partial charge in [-0.3, -0.25) is 0 Å². The van der Waals surface area contributed by atoms with E-state index in [2.05, 4.69) is 65.2 Å². The molecule has 1 N–H and O–H groups in total. The lowest BCUT2D eigenvalue weighted by atomic mass is 10.0. The van der Waals surface area contributed by atoms with Gasteiger partial charge >= 0.3 is 0 Å². The molecule has 0 aliphatic rings. The maximum Gasteiger partial charge on any atom is 0.143 e. The normalized spacial score (nSPS) is 12.3. The van der Waals surface area contributed by atoms with Gasteiger partial charge in [0.1, 0.15) is 5.15 Å². The van der Waals surface area contributed by atoms with E-state index in [-0.39, 0.29) is 6.04 Å². The van der Waals surface area contributed by atoms with Gasteiger partial charge in [0.05, 0.1) is 16.4 Å². The Morgan fingerprint density at radius 1 is 1.16 bits per heavy atom. The van der Waals surface area contributed by atoms with Crippen molar-refractivity contribution in [3.05, 3.63) is 56.8 Å². The molecule has 2 nitrogen and oxygen atoms in total. The van der Waals surface area contributed by atoms with Crippen LogP contribution in [0.25, 0.3) is 0 Å². The minimum atomic E-state index is 0.216. The highest BCUT2D eigenvalue weighted by Gasteiger charge is 2.08. The van der Waals surface area contributed by atoms with E-state index in [9.17, 15) is 0 Å². The van der Waals surface area contributed by atoms with Gasteiger partial charge in [-0.25, -0.2) is 4.98 Å². The summed E-state index contributed by atoms with van der Waals surface area (Å²) in [6.07, 6.45) is 1.74. The Hall–Kier alpha value is -1.06. The van der Waals surface area contributed by atoms with E-state index in [1.165, 1.54) is 16.7 Å². The predicted molar refractivity (Wildman–Crippen MR) is 84.9 cm³/mol. The van der Waals surface area contributed by atoms with Crippen molar-refractivity contribution in [3.8, 4) is 0 Å². The van der Waals surface area contributed by atoms with Crippen LogP contribution < -0.4 is 5.32 Å². The number of halogens is 2. The molecule has 0 aliphatic carbocycles. The Morgan fingerprint density at radius 2 is 1.79 bits per heavy atom. The maximum atomic E-state index is 5.89. The van der Waals surface area contributed by atoms with Gasteiger partial charge in [-0.15, -0.1) is 0 Å². The van der Waals surface area contributed by atoms with Gasteiger partial charge in [-0.2, -0.15) is 0 Å². The molecule has 0 amide bonds. The first-order chi connectivity index (χ1) is 8.95. The molecule has 0 saturated heterocycles. The van der Waals surface area contributed by atoms with Gasteiger partial charge in [0, 0.05) is 6.04 Å². The third-order valence-electron chi connectivity index (χ3n) is 2.92. The number of aryl methyl sites for hydroxylation is 2.